The van der Waals surface area contributed by atoms with Crippen LogP contribution in [0.3, 0.4) is 0 Å². The van der Waals surface area contributed by atoms with Gasteiger partial charge in [0.2, 0.25) is 0 Å². The second-order valence-corrected chi connectivity index (χ2v) is 18.9. The standard InChI is InChI=1S/C63H40N4S/c1-2-15-41(16-3-1)50-22-12-23-56-60(50)54-35-44-19-8-9-20-45(44)37-57(54)67(56)55-32-30-49(36-53(55)46-29-31-52-51-21-10-11-24-58(51)68-59(52)38-46)63-65-61(47-27-25-39-13-4-6-17-42(39)33-47)64-62(66-63)48-28-26-40-14-5-7-18-43(40)34-48/h1-38,63H,(H,64,65,66). The smallest absolute Gasteiger partial charge is 0.159 e. The molecular weight excluding hydrogens is 845 g/mol. The normalized spacial score (nSPS) is 14.0. The highest BCUT2D eigenvalue weighted by Crippen LogP contribution is 2.44. The van der Waals surface area contributed by atoms with Gasteiger partial charge in [-0.15, -0.1) is 11.3 Å². The first kappa shape index (κ1) is 38.6. The Morgan fingerprint density at radius 2 is 1.04 bits per heavy atom. The van der Waals surface area contributed by atoms with Crippen molar-refractivity contribution in [2.75, 3.05) is 0 Å². The molecule has 5 heteroatoms. The van der Waals surface area contributed by atoms with Crippen molar-refractivity contribution in [2.24, 2.45) is 9.98 Å². The molecule has 0 aliphatic carbocycles. The first-order valence-corrected chi connectivity index (χ1v) is 24.0. The second kappa shape index (κ2) is 15.5. The SMILES string of the molecule is c1ccc(-c2cccc3c2c2cc4ccccc4cc2n3-c2ccc(C3N=C(c4ccc5ccccc5c4)N=C(c4ccc5ccccc5c4)N3)cc2-c2ccc3c(c2)sc2ccccc23)cc1. The van der Waals surface area contributed by atoms with Crippen molar-refractivity contribution in [3.63, 3.8) is 0 Å². The van der Waals surface area contributed by atoms with Gasteiger partial charge in [0.05, 0.1) is 16.7 Å². The van der Waals surface area contributed by atoms with Crippen molar-refractivity contribution in [1.29, 1.82) is 0 Å². The zero-order valence-electron chi connectivity index (χ0n) is 36.8. The third kappa shape index (κ3) is 6.35. The zero-order valence-corrected chi connectivity index (χ0v) is 37.6. The van der Waals surface area contributed by atoms with E-state index in [2.05, 4.69) is 240 Å². The van der Waals surface area contributed by atoms with E-state index in [4.69, 9.17) is 9.98 Å². The maximum Gasteiger partial charge on any atom is 0.159 e. The third-order valence-corrected chi connectivity index (χ3v) is 14.9. The summed E-state index contributed by atoms with van der Waals surface area (Å²) in [5.41, 5.74) is 11.2. The molecule has 318 valence electrons. The molecule has 2 aromatic heterocycles. The van der Waals surface area contributed by atoms with Crippen LogP contribution in [-0.2, 0) is 0 Å². The van der Waals surface area contributed by atoms with Gasteiger partial charge in [-0.05, 0) is 109 Å². The lowest BCUT2D eigenvalue weighted by Crippen LogP contribution is -2.33. The van der Waals surface area contributed by atoms with E-state index in [1.54, 1.807) is 0 Å². The van der Waals surface area contributed by atoms with Crippen LogP contribution in [0.2, 0.25) is 0 Å². The topological polar surface area (TPSA) is 41.7 Å². The van der Waals surface area contributed by atoms with Crippen molar-refractivity contribution >= 4 is 97.3 Å². The minimum absolute atomic E-state index is 0.428. The molecular formula is C63H40N4S. The number of rotatable bonds is 6. The summed E-state index contributed by atoms with van der Waals surface area (Å²) in [5.74, 6) is 1.49. The predicted molar refractivity (Wildman–Crippen MR) is 289 cm³/mol. The molecule has 13 aromatic rings. The fourth-order valence-corrected chi connectivity index (χ4v) is 11.6. The molecule has 0 spiro atoms. The summed E-state index contributed by atoms with van der Waals surface area (Å²) in [6, 6.07) is 83.8. The summed E-state index contributed by atoms with van der Waals surface area (Å²) in [6.45, 7) is 0. The first-order chi connectivity index (χ1) is 33.7. The summed E-state index contributed by atoms with van der Waals surface area (Å²) in [4.78, 5) is 10.8. The highest BCUT2D eigenvalue weighted by atomic mass is 32.1. The number of benzene rings is 11. The highest BCUT2D eigenvalue weighted by Gasteiger charge is 2.25. The van der Waals surface area contributed by atoms with E-state index >= 15 is 0 Å². The van der Waals surface area contributed by atoms with Gasteiger partial charge in [-0.1, -0.05) is 176 Å². The lowest BCUT2D eigenvalue weighted by Gasteiger charge is -2.25. The molecule has 3 heterocycles. The van der Waals surface area contributed by atoms with Crippen molar-refractivity contribution in [1.82, 2.24) is 9.88 Å². The molecule has 4 nitrogen and oxygen atoms in total. The fourth-order valence-electron chi connectivity index (χ4n) is 10.5. The Balaban J connectivity index is 1.01. The van der Waals surface area contributed by atoms with E-state index in [1.165, 1.54) is 69.0 Å². The molecule has 0 saturated heterocycles. The van der Waals surface area contributed by atoms with Gasteiger partial charge < -0.3 is 9.88 Å². The van der Waals surface area contributed by atoms with Gasteiger partial charge in [-0.2, -0.15) is 0 Å². The van der Waals surface area contributed by atoms with Gasteiger partial charge in [0.1, 0.15) is 12.0 Å². The molecule has 1 aliphatic rings. The van der Waals surface area contributed by atoms with Crippen LogP contribution in [0, 0.1) is 0 Å². The Hall–Kier alpha value is -8.64. The number of nitrogens with one attached hydrogen (secondary N) is 1. The van der Waals surface area contributed by atoms with Gasteiger partial charge in [0.15, 0.2) is 5.84 Å². The van der Waals surface area contributed by atoms with E-state index in [1.807, 2.05) is 11.3 Å². The maximum absolute atomic E-state index is 5.47. The Morgan fingerprint density at radius 1 is 0.397 bits per heavy atom. The van der Waals surface area contributed by atoms with E-state index in [9.17, 15) is 0 Å². The average molecular weight is 885 g/mol. The Labute approximate surface area is 396 Å². The monoisotopic (exact) mass is 884 g/mol. The summed E-state index contributed by atoms with van der Waals surface area (Å²) in [7, 11) is 0. The molecule has 1 aliphatic heterocycles. The summed E-state index contributed by atoms with van der Waals surface area (Å²) < 4.78 is 5.05. The van der Waals surface area contributed by atoms with Gasteiger partial charge in [-0.25, -0.2) is 9.98 Å². The van der Waals surface area contributed by atoms with Crippen molar-refractivity contribution in [2.45, 2.75) is 6.17 Å². The average Bonchev–Trinajstić information content (AvgIpc) is 3.94. The number of fused-ring (bicyclic) bond motifs is 9. The Bertz CT molecular complexity index is 4250. The molecule has 1 unspecified atom stereocenters. The minimum Gasteiger partial charge on any atom is -0.344 e. The van der Waals surface area contributed by atoms with Crippen LogP contribution in [0.25, 0.3) is 102 Å². The van der Waals surface area contributed by atoms with Crippen molar-refractivity contribution < 1.29 is 0 Å². The fraction of sp³-hybridized carbons (Fsp3) is 0.0159. The number of hydrogen-bond acceptors (Lipinski definition) is 4. The molecule has 0 radical (unpaired) electrons. The molecule has 11 aromatic carbocycles. The second-order valence-electron chi connectivity index (χ2n) is 17.8. The maximum atomic E-state index is 5.47. The molecule has 1 N–H and O–H groups in total. The van der Waals surface area contributed by atoms with E-state index in [0.717, 1.165) is 55.8 Å². The highest BCUT2D eigenvalue weighted by molar-refractivity contribution is 7.25. The molecule has 14 rings (SSSR count). The van der Waals surface area contributed by atoms with E-state index in [0.29, 0.717) is 5.84 Å². The van der Waals surface area contributed by atoms with E-state index < -0.39 is 6.17 Å². The van der Waals surface area contributed by atoms with Crippen molar-refractivity contribution in [3.8, 4) is 27.9 Å². The molecule has 68 heavy (non-hydrogen) atoms. The van der Waals surface area contributed by atoms with Gasteiger partial charge >= 0.3 is 0 Å². The number of aromatic nitrogens is 1. The number of aliphatic imine (C=N–C) groups is 2. The van der Waals surface area contributed by atoms with Gasteiger partial charge in [-0.3, -0.25) is 0 Å². The lowest BCUT2D eigenvalue weighted by atomic mass is 9.97. The summed E-state index contributed by atoms with van der Waals surface area (Å²) in [6.07, 6.45) is -0.428. The molecule has 0 fully saturated rings. The van der Waals surface area contributed by atoms with Crippen molar-refractivity contribution in [3.05, 3.63) is 247 Å². The first-order valence-electron chi connectivity index (χ1n) is 23.2. The Kier molecular flexibility index (Phi) is 8.79. The number of amidine groups is 2. The van der Waals surface area contributed by atoms with Crippen LogP contribution in [0.15, 0.2) is 241 Å². The quantitative estimate of drug-likeness (QED) is 0.178. The zero-order chi connectivity index (χ0) is 44.7. The summed E-state index contributed by atoms with van der Waals surface area (Å²) in [5, 5.41) is 16.0. The number of hydrogen-bond donors (Lipinski definition) is 1. The van der Waals surface area contributed by atoms with E-state index in [-0.39, 0.29) is 0 Å². The van der Waals surface area contributed by atoms with Crippen LogP contribution in [0.1, 0.15) is 22.9 Å². The number of thiophene rings is 1. The molecule has 0 bridgehead atoms. The third-order valence-electron chi connectivity index (χ3n) is 13.8. The lowest BCUT2D eigenvalue weighted by molar-refractivity contribution is 0.674. The van der Waals surface area contributed by atoms with Gasteiger partial charge in [0.25, 0.3) is 0 Å². The van der Waals surface area contributed by atoms with Gasteiger partial charge in [0, 0.05) is 47.6 Å². The van der Waals surface area contributed by atoms with Crippen LogP contribution < -0.4 is 5.32 Å². The summed E-state index contributed by atoms with van der Waals surface area (Å²) >= 11 is 1.85. The Morgan fingerprint density at radius 3 is 1.84 bits per heavy atom. The number of nitrogens with zero attached hydrogens (tertiary/aromatic N) is 3. The molecule has 0 saturated carbocycles. The largest absolute Gasteiger partial charge is 0.344 e. The predicted octanol–water partition coefficient (Wildman–Crippen LogP) is 16.4. The van der Waals surface area contributed by atoms with Crippen LogP contribution >= 0.6 is 11.3 Å². The van der Waals surface area contributed by atoms with Crippen LogP contribution in [0.4, 0.5) is 0 Å². The molecule has 0 amide bonds. The van der Waals surface area contributed by atoms with Crippen LogP contribution in [-0.4, -0.2) is 16.2 Å². The van der Waals surface area contributed by atoms with Crippen LogP contribution in [0.5, 0.6) is 0 Å². The molecule has 1 atom stereocenters. The minimum atomic E-state index is -0.428.